The molecule has 2 atom stereocenters. The highest BCUT2D eigenvalue weighted by atomic mass is 16.6. The fourth-order valence-electron chi connectivity index (χ4n) is 3.52. The highest BCUT2D eigenvalue weighted by molar-refractivity contribution is 5.93. The number of aryl methyl sites for hydroxylation is 1. The summed E-state index contributed by atoms with van der Waals surface area (Å²) in [6.07, 6.45) is 0.573. The third-order valence-corrected chi connectivity index (χ3v) is 5.24. The molecule has 2 aromatic rings. The Morgan fingerprint density at radius 1 is 1.23 bits per heavy atom. The van der Waals surface area contributed by atoms with Crippen molar-refractivity contribution in [1.82, 2.24) is 5.48 Å². The Morgan fingerprint density at radius 3 is 2.50 bits per heavy atom. The predicted molar refractivity (Wildman–Crippen MR) is 105 cm³/mol. The number of nitrogens with one attached hydrogen (secondary N) is 1. The summed E-state index contributed by atoms with van der Waals surface area (Å²) in [5, 5.41) is 20.0. The van der Waals surface area contributed by atoms with E-state index in [1.165, 1.54) is 6.07 Å². The van der Waals surface area contributed by atoms with E-state index in [1.54, 1.807) is 55.7 Å². The summed E-state index contributed by atoms with van der Waals surface area (Å²) in [5.41, 5.74) is 1.91. The molecule has 30 heavy (non-hydrogen) atoms. The van der Waals surface area contributed by atoms with Crippen molar-refractivity contribution in [3.63, 3.8) is 0 Å². The lowest BCUT2D eigenvalue weighted by atomic mass is 9.93. The number of benzene rings is 2. The number of hydrogen-bond donors (Lipinski definition) is 2. The van der Waals surface area contributed by atoms with Gasteiger partial charge in [-0.2, -0.15) is 0 Å². The third-order valence-electron chi connectivity index (χ3n) is 5.24. The Kier molecular flexibility index (Phi) is 6.02. The number of amides is 1. The Labute approximate surface area is 172 Å². The number of carbonyl (C=O) groups is 2. The second-order valence-corrected chi connectivity index (χ2v) is 7.24. The summed E-state index contributed by atoms with van der Waals surface area (Å²) in [5.74, 6) is -0.909. The molecule has 3 rings (SSSR count). The summed E-state index contributed by atoms with van der Waals surface area (Å²) in [6, 6.07) is 11.5. The molecule has 0 spiro atoms. The fraction of sp³-hybridized carbons (Fsp3) is 0.333. The zero-order valence-corrected chi connectivity index (χ0v) is 16.6. The molecule has 0 heterocycles. The number of hydrogen-bond acceptors (Lipinski definition) is 7. The number of esters is 1. The normalized spacial score (nSPS) is 19.6. The number of nitro groups is 1. The summed E-state index contributed by atoms with van der Waals surface area (Å²) in [7, 11) is 0. The van der Waals surface area contributed by atoms with Crippen molar-refractivity contribution in [2.45, 2.75) is 26.7 Å². The topological polar surface area (TPSA) is 128 Å². The lowest BCUT2D eigenvalue weighted by molar-refractivity contribution is -0.385. The number of nitrogens with zero attached hydrogens (tertiary/aromatic N) is 1. The smallest absolute Gasteiger partial charge is 0.313 e. The number of rotatable bonds is 8. The van der Waals surface area contributed by atoms with Crippen LogP contribution in [0.1, 0.15) is 24.5 Å². The molecule has 2 aromatic carbocycles. The van der Waals surface area contributed by atoms with Gasteiger partial charge < -0.3 is 9.47 Å². The first-order valence-corrected chi connectivity index (χ1v) is 9.43. The van der Waals surface area contributed by atoms with Crippen molar-refractivity contribution in [2.24, 2.45) is 11.3 Å². The maximum atomic E-state index is 12.4. The number of nitro benzene ring substituents is 1. The van der Waals surface area contributed by atoms with E-state index in [-0.39, 0.29) is 18.7 Å². The minimum Gasteiger partial charge on any atom is -0.466 e. The molecule has 9 heteroatoms. The first-order chi connectivity index (χ1) is 14.3. The van der Waals surface area contributed by atoms with E-state index in [0.29, 0.717) is 23.5 Å². The molecule has 1 aliphatic carbocycles. The summed E-state index contributed by atoms with van der Waals surface area (Å²) in [4.78, 5) is 34.8. The molecule has 1 saturated carbocycles. The van der Waals surface area contributed by atoms with E-state index in [2.05, 4.69) is 0 Å². The molecule has 9 nitrogen and oxygen atoms in total. The van der Waals surface area contributed by atoms with Crippen molar-refractivity contribution < 1.29 is 29.2 Å². The summed E-state index contributed by atoms with van der Waals surface area (Å²) in [6.45, 7) is 3.54. The molecule has 0 aromatic heterocycles. The van der Waals surface area contributed by atoms with Crippen LogP contribution in [-0.2, 0) is 20.7 Å². The molecule has 1 aliphatic rings. The van der Waals surface area contributed by atoms with Crippen LogP contribution in [0.5, 0.6) is 11.5 Å². The van der Waals surface area contributed by atoms with Crippen molar-refractivity contribution in [2.75, 3.05) is 6.61 Å². The number of hydroxylamine groups is 1. The predicted octanol–water partition coefficient (Wildman–Crippen LogP) is 3.31. The standard InChI is InChI=1S/C21H22N2O7/c1-3-29-20(25)21(12-17(21)19(24)22-26)11-14-5-8-15(9-6-14)30-16-7-4-13(2)18(10-16)23(27)28/h4-10,17,26H,3,11-12H2,1-2H3,(H,22,24). The van der Waals surface area contributed by atoms with Crippen molar-refractivity contribution in [3.8, 4) is 11.5 Å². The first-order valence-electron chi connectivity index (χ1n) is 9.43. The SMILES string of the molecule is CCOC(=O)C1(Cc2ccc(Oc3ccc(C)c([N+](=O)[O-])c3)cc2)CC1C(=O)NO. The molecule has 1 fully saturated rings. The van der Waals surface area contributed by atoms with Gasteiger partial charge in [0.1, 0.15) is 11.5 Å². The molecular formula is C21H22N2O7. The Balaban J connectivity index is 1.74. The summed E-state index contributed by atoms with van der Waals surface area (Å²) < 4.78 is 10.8. The summed E-state index contributed by atoms with van der Waals surface area (Å²) >= 11 is 0. The average molecular weight is 414 g/mol. The molecule has 0 bridgehead atoms. The lowest BCUT2D eigenvalue weighted by Crippen LogP contribution is -2.30. The molecule has 0 saturated heterocycles. The van der Waals surface area contributed by atoms with Gasteiger partial charge in [-0.05, 0) is 56.5 Å². The van der Waals surface area contributed by atoms with E-state index >= 15 is 0 Å². The van der Waals surface area contributed by atoms with E-state index in [1.807, 2.05) is 0 Å². The average Bonchev–Trinajstić information content (AvgIpc) is 3.45. The van der Waals surface area contributed by atoms with Crippen LogP contribution in [0.15, 0.2) is 42.5 Å². The molecule has 0 aliphatic heterocycles. The highest BCUT2D eigenvalue weighted by Gasteiger charge is 2.64. The second-order valence-electron chi connectivity index (χ2n) is 7.24. The highest BCUT2D eigenvalue weighted by Crippen LogP contribution is 2.56. The maximum absolute atomic E-state index is 12.4. The number of ether oxygens (including phenoxy) is 2. The van der Waals surface area contributed by atoms with Crippen molar-refractivity contribution in [3.05, 3.63) is 63.7 Å². The van der Waals surface area contributed by atoms with Crippen LogP contribution in [0.4, 0.5) is 5.69 Å². The van der Waals surface area contributed by atoms with Crippen molar-refractivity contribution >= 4 is 17.6 Å². The monoisotopic (exact) mass is 414 g/mol. The van der Waals surface area contributed by atoms with Gasteiger partial charge in [-0.25, -0.2) is 5.48 Å². The van der Waals surface area contributed by atoms with Crippen LogP contribution in [-0.4, -0.2) is 28.6 Å². The van der Waals surface area contributed by atoms with Crippen LogP contribution in [0.2, 0.25) is 0 Å². The molecular weight excluding hydrogens is 392 g/mol. The van der Waals surface area contributed by atoms with Gasteiger partial charge in [0.15, 0.2) is 0 Å². The van der Waals surface area contributed by atoms with Gasteiger partial charge in [-0.1, -0.05) is 12.1 Å². The molecule has 1 amide bonds. The van der Waals surface area contributed by atoms with Crippen LogP contribution in [0, 0.1) is 28.4 Å². The lowest BCUT2D eigenvalue weighted by Gasteiger charge is -2.16. The van der Waals surface area contributed by atoms with Gasteiger partial charge in [-0.3, -0.25) is 24.9 Å². The van der Waals surface area contributed by atoms with Gasteiger partial charge in [0, 0.05) is 5.56 Å². The van der Waals surface area contributed by atoms with Gasteiger partial charge in [0.2, 0.25) is 5.91 Å². The fourth-order valence-corrected chi connectivity index (χ4v) is 3.52. The van der Waals surface area contributed by atoms with Crippen LogP contribution in [0.3, 0.4) is 0 Å². The molecule has 2 unspecified atom stereocenters. The van der Waals surface area contributed by atoms with E-state index in [9.17, 15) is 19.7 Å². The minimum atomic E-state index is -0.997. The van der Waals surface area contributed by atoms with Gasteiger partial charge in [0.25, 0.3) is 5.69 Å². The minimum absolute atomic E-state index is 0.0255. The zero-order valence-electron chi connectivity index (χ0n) is 16.6. The van der Waals surface area contributed by atoms with E-state index in [4.69, 9.17) is 14.7 Å². The van der Waals surface area contributed by atoms with Crippen molar-refractivity contribution in [1.29, 1.82) is 0 Å². The molecule has 0 radical (unpaired) electrons. The first kappa shape index (κ1) is 21.3. The van der Waals surface area contributed by atoms with Crippen LogP contribution >= 0.6 is 0 Å². The van der Waals surface area contributed by atoms with Crippen LogP contribution in [0.25, 0.3) is 0 Å². The quantitative estimate of drug-likeness (QED) is 0.293. The third kappa shape index (κ3) is 4.25. The van der Waals surface area contributed by atoms with E-state index < -0.39 is 28.1 Å². The van der Waals surface area contributed by atoms with Gasteiger partial charge in [0.05, 0.1) is 28.9 Å². The second kappa shape index (κ2) is 8.50. The number of carbonyl (C=O) groups excluding carboxylic acids is 2. The van der Waals surface area contributed by atoms with Gasteiger partial charge in [-0.15, -0.1) is 0 Å². The Morgan fingerprint density at radius 2 is 1.90 bits per heavy atom. The molecule has 2 N–H and O–H groups in total. The largest absolute Gasteiger partial charge is 0.466 e. The maximum Gasteiger partial charge on any atom is 0.313 e. The van der Waals surface area contributed by atoms with E-state index in [0.717, 1.165) is 5.56 Å². The molecule has 158 valence electrons. The zero-order chi connectivity index (χ0) is 21.9. The van der Waals surface area contributed by atoms with Gasteiger partial charge >= 0.3 is 5.97 Å². The Hall–Kier alpha value is -3.46. The Bertz CT molecular complexity index is 974. The van der Waals surface area contributed by atoms with Crippen LogP contribution < -0.4 is 10.2 Å².